The van der Waals surface area contributed by atoms with Gasteiger partial charge in [0, 0.05) is 17.8 Å². The van der Waals surface area contributed by atoms with Crippen LogP contribution in [0.2, 0.25) is 0 Å². The largest absolute Gasteiger partial charge is 0.462 e. The number of hydrogen-bond donors (Lipinski definition) is 0. The first-order valence-corrected chi connectivity index (χ1v) is 12.2. The number of hydrogen-bond acceptors (Lipinski definition) is 7. The Balaban J connectivity index is 1.62. The molecule has 3 aromatic carbocycles. The zero-order chi connectivity index (χ0) is 27.0. The lowest BCUT2D eigenvalue weighted by Crippen LogP contribution is -2.29. The number of non-ortho nitro benzene ring substituents is 1. The molecule has 0 spiro atoms. The van der Waals surface area contributed by atoms with Crippen molar-refractivity contribution < 1.29 is 23.7 Å². The molecule has 1 unspecified atom stereocenters. The Morgan fingerprint density at radius 2 is 1.76 bits per heavy atom. The van der Waals surface area contributed by atoms with Crippen molar-refractivity contribution >= 4 is 34.2 Å². The van der Waals surface area contributed by atoms with Gasteiger partial charge in [-0.15, -0.1) is 0 Å². The fourth-order valence-corrected chi connectivity index (χ4v) is 4.60. The van der Waals surface area contributed by atoms with Gasteiger partial charge in [0.15, 0.2) is 5.43 Å². The van der Waals surface area contributed by atoms with Crippen LogP contribution in [-0.2, 0) is 4.74 Å². The van der Waals surface area contributed by atoms with Crippen LogP contribution in [0.25, 0.3) is 11.0 Å². The number of nitro groups is 1. The van der Waals surface area contributed by atoms with Crippen molar-refractivity contribution in [1.29, 1.82) is 0 Å². The zero-order valence-corrected chi connectivity index (χ0v) is 20.8. The van der Waals surface area contributed by atoms with Crippen molar-refractivity contribution in [3.05, 3.63) is 115 Å². The van der Waals surface area contributed by atoms with Crippen LogP contribution in [-0.4, -0.2) is 23.4 Å². The summed E-state index contributed by atoms with van der Waals surface area (Å²) >= 11 is 0. The van der Waals surface area contributed by atoms with Gasteiger partial charge in [-0.2, -0.15) is 0 Å². The van der Waals surface area contributed by atoms with Gasteiger partial charge < -0.3 is 9.15 Å². The van der Waals surface area contributed by atoms with E-state index in [-0.39, 0.29) is 22.4 Å². The molecule has 0 fully saturated rings. The average Bonchev–Trinajstić information content (AvgIpc) is 3.21. The highest BCUT2D eigenvalue weighted by Gasteiger charge is 2.43. The van der Waals surface area contributed by atoms with E-state index in [0.29, 0.717) is 34.4 Å². The normalized spacial score (nSPS) is 14.5. The van der Waals surface area contributed by atoms with Gasteiger partial charge >= 0.3 is 5.97 Å². The van der Waals surface area contributed by atoms with E-state index in [1.165, 1.54) is 29.2 Å². The fraction of sp³-hybridized carbons (Fsp3) is 0.207. The van der Waals surface area contributed by atoms with Gasteiger partial charge in [0.25, 0.3) is 11.6 Å². The molecule has 0 saturated heterocycles. The molecule has 1 aromatic heterocycles. The molecule has 4 aromatic rings. The second-order valence-electron chi connectivity index (χ2n) is 9.14. The molecule has 0 radical (unpaired) electrons. The first-order valence-electron chi connectivity index (χ1n) is 12.2. The summed E-state index contributed by atoms with van der Waals surface area (Å²) in [5.41, 5.74) is 2.11. The number of aryl methyl sites for hydroxylation is 1. The Bertz CT molecular complexity index is 1620. The van der Waals surface area contributed by atoms with Gasteiger partial charge in [-0.05, 0) is 67.4 Å². The monoisotopic (exact) mass is 512 g/mol. The van der Waals surface area contributed by atoms with Crippen molar-refractivity contribution in [2.75, 3.05) is 11.5 Å². The molecule has 0 aliphatic carbocycles. The number of ether oxygens (including phenoxy) is 1. The van der Waals surface area contributed by atoms with Crippen molar-refractivity contribution in [3.8, 4) is 0 Å². The minimum atomic E-state index is -0.887. The van der Waals surface area contributed by atoms with Crippen LogP contribution in [0.1, 0.15) is 63.4 Å². The lowest BCUT2D eigenvalue weighted by atomic mass is 9.97. The van der Waals surface area contributed by atoms with Crippen LogP contribution in [0.5, 0.6) is 0 Å². The van der Waals surface area contributed by atoms with E-state index in [9.17, 15) is 24.5 Å². The summed E-state index contributed by atoms with van der Waals surface area (Å²) in [6, 6.07) is 16.3. The summed E-state index contributed by atoms with van der Waals surface area (Å²) in [7, 11) is 0. The minimum Gasteiger partial charge on any atom is -0.462 e. The average molecular weight is 513 g/mol. The summed E-state index contributed by atoms with van der Waals surface area (Å²) in [5, 5.41) is 11.6. The van der Waals surface area contributed by atoms with E-state index in [0.717, 1.165) is 18.4 Å². The van der Waals surface area contributed by atoms with Crippen LogP contribution in [0, 0.1) is 17.0 Å². The Hall–Kier alpha value is -4.79. The predicted octanol–water partition coefficient (Wildman–Crippen LogP) is 5.72. The summed E-state index contributed by atoms with van der Waals surface area (Å²) < 4.78 is 11.2. The number of carbonyl (C=O) groups excluding carboxylic acids is 2. The molecule has 9 nitrogen and oxygen atoms in total. The molecule has 0 bridgehead atoms. The third-order valence-electron chi connectivity index (χ3n) is 6.56. The maximum absolute atomic E-state index is 13.7. The molecule has 0 N–H and O–H groups in total. The highest BCUT2D eigenvalue weighted by atomic mass is 16.6. The molecule has 192 valence electrons. The molecule has 9 heteroatoms. The molecule has 5 rings (SSSR count). The molecule has 1 atom stereocenters. The van der Waals surface area contributed by atoms with Crippen molar-refractivity contribution in [2.45, 2.75) is 32.7 Å². The number of anilines is 1. The van der Waals surface area contributed by atoms with Gasteiger partial charge in [-0.1, -0.05) is 25.0 Å². The minimum absolute atomic E-state index is 0.0854. The SMILES string of the molecule is CCCCOC(=O)c1ccc(N2C(=O)c3oc4ccc(C)cc4c(=O)c3C2c2ccc([N+](=O)[O-])cc2)cc1. The maximum atomic E-state index is 13.7. The third kappa shape index (κ3) is 4.32. The smallest absolute Gasteiger partial charge is 0.338 e. The summed E-state index contributed by atoms with van der Waals surface area (Å²) in [5.74, 6) is -1.08. The molecule has 38 heavy (non-hydrogen) atoms. The fourth-order valence-electron chi connectivity index (χ4n) is 4.60. The van der Waals surface area contributed by atoms with Crippen molar-refractivity contribution in [3.63, 3.8) is 0 Å². The molecule has 0 saturated carbocycles. The molecule has 1 aliphatic heterocycles. The van der Waals surface area contributed by atoms with Crippen LogP contribution in [0.3, 0.4) is 0 Å². The molecule has 2 heterocycles. The van der Waals surface area contributed by atoms with E-state index in [1.54, 1.807) is 42.5 Å². The van der Waals surface area contributed by atoms with Crippen LogP contribution >= 0.6 is 0 Å². The first-order chi connectivity index (χ1) is 18.3. The Kier molecular flexibility index (Phi) is 6.50. The van der Waals surface area contributed by atoms with Gasteiger partial charge in [-0.25, -0.2) is 4.79 Å². The van der Waals surface area contributed by atoms with E-state index < -0.39 is 22.8 Å². The number of nitro benzene ring substituents is 1. The number of amides is 1. The van der Waals surface area contributed by atoms with E-state index in [1.807, 2.05) is 13.8 Å². The topological polar surface area (TPSA) is 120 Å². The summed E-state index contributed by atoms with van der Waals surface area (Å²) in [6.07, 6.45) is 1.66. The van der Waals surface area contributed by atoms with Gasteiger partial charge in [0.05, 0.1) is 34.1 Å². The number of nitrogens with zero attached hydrogens (tertiary/aromatic N) is 2. The third-order valence-corrected chi connectivity index (χ3v) is 6.56. The quantitative estimate of drug-likeness (QED) is 0.134. The Morgan fingerprint density at radius 3 is 2.42 bits per heavy atom. The number of rotatable bonds is 7. The number of benzene rings is 3. The van der Waals surface area contributed by atoms with E-state index >= 15 is 0 Å². The van der Waals surface area contributed by atoms with Crippen LogP contribution in [0.4, 0.5) is 11.4 Å². The first kappa shape index (κ1) is 24.9. The second kappa shape index (κ2) is 9.93. The number of unbranched alkanes of at least 4 members (excludes halogenated alkanes) is 1. The molecular weight excluding hydrogens is 488 g/mol. The highest BCUT2D eigenvalue weighted by Crippen LogP contribution is 2.41. The Morgan fingerprint density at radius 1 is 1.05 bits per heavy atom. The van der Waals surface area contributed by atoms with E-state index in [2.05, 4.69) is 0 Å². The number of esters is 1. The highest BCUT2D eigenvalue weighted by molar-refractivity contribution is 6.10. The molecule has 1 aliphatic rings. The lowest BCUT2D eigenvalue weighted by molar-refractivity contribution is -0.384. The molecular formula is C29H24N2O7. The maximum Gasteiger partial charge on any atom is 0.338 e. The van der Waals surface area contributed by atoms with Gasteiger partial charge in [0.1, 0.15) is 5.58 Å². The van der Waals surface area contributed by atoms with Gasteiger partial charge in [-0.3, -0.25) is 24.6 Å². The Labute approximate surface area is 217 Å². The molecule has 1 amide bonds. The number of carbonyl (C=O) groups is 2. The van der Waals surface area contributed by atoms with Gasteiger partial charge in [0.2, 0.25) is 5.76 Å². The van der Waals surface area contributed by atoms with Crippen molar-refractivity contribution in [1.82, 2.24) is 0 Å². The second-order valence-corrected chi connectivity index (χ2v) is 9.14. The van der Waals surface area contributed by atoms with E-state index in [4.69, 9.17) is 9.15 Å². The standard InChI is InChI=1S/C29H24N2O7/c1-3-4-15-37-29(34)19-8-10-20(11-9-19)30-25(18-6-12-21(13-7-18)31(35)36)24-26(32)22-16-17(2)5-14-23(22)38-27(24)28(30)33/h5-14,16,25H,3-4,15H2,1-2H3. The summed E-state index contributed by atoms with van der Waals surface area (Å²) in [4.78, 5) is 51.9. The summed E-state index contributed by atoms with van der Waals surface area (Å²) in [6.45, 7) is 4.17. The van der Waals surface area contributed by atoms with Crippen LogP contribution < -0.4 is 10.3 Å². The lowest BCUT2D eigenvalue weighted by Gasteiger charge is -2.25. The zero-order valence-electron chi connectivity index (χ0n) is 20.8. The number of fused-ring (bicyclic) bond motifs is 2. The predicted molar refractivity (Wildman–Crippen MR) is 141 cm³/mol. The van der Waals surface area contributed by atoms with Crippen LogP contribution in [0.15, 0.2) is 75.9 Å². The van der Waals surface area contributed by atoms with Crippen molar-refractivity contribution in [2.24, 2.45) is 0 Å².